The maximum absolute atomic E-state index is 10.7. The molecule has 0 fully saturated rings. The maximum atomic E-state index is 10.7. The van der Waals surface area contributed by atoms with Gasteiger partial charge >= 0.3 is 5.97 Å². The Morgan fingerprint density at radius 2 is 2.29 bits per heavy atom. The van der Waals surface area contributed by atoms with Crippen molar-refractivity contribution in [3.63, 3.8) is 0 Å². The highest BCUT2D eigenvalue weighted by atomic mass is 35.5. The number of halogens is 1. The minimum atomic E-state index is -1.15. The van der Waals surface area contributed by atoms with E-state index in [1.54, 1.807) is 0 Å². The van der Waals surface area contributed by atoms with E-state index in [1.807, 2.05) is 0 Å². The van der Waals surface area contributed by atoms with Crippen molar-refractivity contribution in [1.82, 2.24) is 4.98 Å². The number of hydrogen-bond acceptors (Lipinski definition) is 3. The smallest absolute Gasteiger partial charge is 0.355 e. The van der Waals surface area contributed by atoms with Gasteiger partial charge in [0.05, 0.1) is 6.61 Å². The molecule has 4 nitrogen and oxygen atoms in total. The van der Waals surface area contributed by atoms with Crippen molar-refractivity contribution in [3.05, 3.63) is 34.6 Å². The number of aromatic carboxylic acids is 1. The molecule has 5 heteroatoms. The monoisotopic (exact) mass is 213 g/mol. The van der Waals surface area contributed by atoms with Crippen LogP contribution in [0.2, 0.25) is 5.15 Å². The molecule has 0 aliphatic rings. The lowest BCUT2D eigenvalue weighted by Crippen LogP contribution is -2.03. The minimum absolute atomic E-state index is 0.123. The second kappa shape index (κ2) is 4.74. The van der Waals surface area contributed by atoms with E-state index in [9.17, 15) is 4.79 Å². The molecule has 0 unspecified atom stereocenters. The molecule has 0 amide bonds. The molecule has 14 heavy (non-hydrogen) atoms. The summed E-state index contributed by atoms with van der Waals surface area (Å²) < 4.78 is 0. The molecule has 0 radical (unpaired) electrons. The predicted octanol–water partition coefficient (Wildman–Crippen LogP) is 1.44. The van der Waals surface area contributed by atoms with E-state index in [-0.39, 0.29) is 17.5 Å². The molecule has 2 N–H and O–H groups in total. The van der Waals surface area contributed by atoms with E-state index in [0.29, 0.717) is 5.56 Å². The molecule has 0 bridgehead atoms. The molecule has 1 aromatic heterocycles. The van der Waals surface area contributed by atoms with Crippen LogP contribution in [0.5, 0.6) is 0 Å². The summed E-state index contributed by atoms with van der Waals surface area (Å²) in [5.41, 5.74) is 0.290. The molecular formula is C9H8ClNO3. The number of aliphatic hydroxyl groups is 1. The topological polar surface area (TPSA) is 70.4 Å². The van der Waals surface area contributed by atoms with Gasteiger partial charge in [0.15, 0.2) is 5.69 Å². The van der Waals surface area contributed by atoms with Crippen LogP contribution in [0.15, 0.2) is 18.2 Å². The lowest BCUT2D eigenvalue weighted by Gasteiger charge is -1.99. The lowest BCUT2D eigenvalue weighted by atomic mass is 10.2. The Morgan fingerprint density at radius 1 is 1.57 bits per heavy atom. The van der Waals surface area contributed by atoms with Crippen LogP contribution >= 0.6 is 11.6 Å². The third-order valence-corrected chi connectivity index (χ3v) is 1.71. The zero-order valence-corrected chi connectivity index (χ0v) is 7.90. The molecular weight excluding hydrogens is 206 g/mol. The first-order valence-corrected chi connectivity index (χ1v) is 4.20. The normalized spacial score (nSPS) is 10.7. The zero-order valence-electron chi connectivity index (χ0n) is 7.14. The van der Waals surface area contributed by atoms with E-state index in [2.05, 4.69) is 4.98 Å². The first-order valence-electron chi connectivity index (χ1n) is 3.82. The minimum Gasteiger partial charge on any atom is -0.476 e. The number of carboxylic acids is 1. The van der Waals surface area contributed by atoms with Gasteiger partial charge < -0.3 is 10.2 Å². The van der Waals surface area contributed by atoms with E-state index < -0.39 is 5.97 Å². The number of carboxylic acid groups (broad SMARTS) is 1. The van der Waals surface area contributed by atoms with Gasteiger partial charge in [0, 0.05) is 5.56 Å². The second-order valence-electron chi connectivity index (χ2n) is 2.46. The van der Waals surface area contributed by atoms with Crippen molar-refractivity contribution < 1.29 is 15.0 Å². The summed E-state index contributed by atoms with van der Waals surface area (Å²) >= 11 is 5.55. The van der Waals surface area contributed by atoms with Crippen molar-refractivity contribution >= 4 is 23.6 Å². The van der Waals surface area contributed by atoms with Gasteiger partial charge in [0.2, 0.25) is 0 Å². The lowest BCUT2D eigenvalue weighted by molar-refractivity contribution is 0.0690. The van der Waals surface area contributed by atoms with Crippen LogP contribution < -0.4 is 0 Å². The van der Waals surface area contributed by atoms with Gasteiger partial charge in [-0.15, -0.1) is 0 Å². The molecule has 0 saturated carbocycles. The van der Waals surface area contributed by atoms with Crippen LogP contribution in [0.25, 0.3) is 6.08 Å². The maximum Gasteiger partial charge on any atom is 0.355 e. The number of carbonyl (C=O) groups is 1. The highest BCUT2D eigenvalue weighted by Crippen LogP contribution is 2.13. The van der Waals surface area contributed by atoms with Gasteiger partial charge in [0.25, 0.3) is 0 Å². The highest BCUT2D eigenvalue weighted by Gasteiger charge is 2.09. The van der Waals surface area contributed by atoms with E-state index in [4.69, 9.17) is 21.8 Å². The Kier molecular flexibility index (Phi) is 3.62. The van der Waals surface area contributed by atoms with Gasteiger partial charge in [-0.25, -0.2) is 9.78 Å². The van der Waals surface area contributed by atoms with Crippen molar-refractivity contribution in [2.75, 3.05) is 6.61 Å². The first-order chi connectivity index (χ1) is 6.65. The Balaban J connectivity index is 3.15. The second-order valence-corrected chi connectivity index (χ2v) is 2.85. The standard InChI is InChI=1S/C9H8ClNO3/c10-7-4-3-6(2-1-5-12)8(11-7)9(13)14/h1-4,12H,5H2,(H,13,14). The molecule has 0 aromatic carbocycles. The summed E-state index contributed by atoms with van der Waals surface area (Å²) in [4.78, 5) is 14.4. The third kappa shape index (κ3) is 2.55. The SMILES string of the molecule is O=C(O)c1nc(Cl)ccc1C=CCO. The largest absolute Gasteiger partial charge is 0.476 e. The average molecular weight is 214 g/mol. The van der Waals surface area contributed by atoms with Gasteiger partial charge in [-0.1, -0.05) is 23.8 Å². The molecule has 0 atom stereocenters. The Bertz CT molecular complexity index is 376. The van der Waals surface area contributed by atoms with Gasteiger partial charge in [-0.3, -0.25) is 0 Å². The molecule has 0 spiro atoms. The van der Waals surface area contributed by atoms with Crippen LogP contribution in [0.3, 0.4) is 0 Å². The van der Waals surface area contributed by atoms with Crippen molar-refractivity contribution in [1.29, 1.82) is 0 Å². The molecule has 0 saturated heterocycles. The van der Waals surface area contributed by atoms with Crippen molar-refractivity contribution in [2.24, 2.45) is 0 Å². The Labute approximate surface area is 85.5 Å². The Morgan fingerprint density at radius 3 is 2.86 bits per heavy atom. The van der Waals surface area contributed by atoms with Crippen LogP contribution in [-0.4, -0.2) is 27.8 Å². The molecule has 1 aromatic rings. The number of nitrogens with zero attached hydrogens (tertiary/aromatic N) is 1. The van der Waals surface area contributed by atoms with Crippen LogP contribution in [0.4, 0.5) is 0 Å². The van der Waals surface area contributed by atoms with Gasteiger partial charge in [-0.05, 0) is 12.1 Å². The fourth-order valence-electron chi connectivity index (χ4n) is 0.932. The summed E-state index contributed by atoms with van der Waals surface area (Å²) in [6, 6.07) is 3.02. The van der Waals surface area contributed by atoms with E-state index in [0.717, 1.165) is 0 Å². The third-order valence-electron chi connectivity index (χ3n) is 1.50. The summed E-state index contributed by atoms with van der Waals surface area (Å²) in [6.07, 6.45) is 2.91. The highest BCUT2D eigenvalue weighted by molar-refractivity contribution is 6.29. The molecule has 74 valence electrons. The number of hydrogen-bond donors (Lipinski definition) is 2. The predicted molar refractivity (Wildman–Crippen MR) is 52.3 cm³/mol. The molecule has 1 heterocycles. The van der Waals surface area contributed by atoms with Gasteiger partial charge in [-0.2, -0.15) is 0 Å². The Hall–Kier alpha value is -1.39. The quantitative estimate of drug-likeness (QED) is 0.746. The zero-order chi connectivity index (χ0) is 10.6. The average Bonchev–Trinajstić information content (AvgIpc) is 2.15. The summed E-state index contributed by atoms with van der Waals surface area (Å²) in [6.45, 7) is -0.151. The molecule has 0 aliphatic heterocycles. The van der Waals surface area contributed by atoms with Crippen molar-refractivity contribution in [3.8, 4) is 0 Å². The molecule has 1 rings (SSSR count). The number of pyridine rings is 1. The summed E-state index contributed by atoms with van der Waals surface area (Å²) in [7, 11) is 0. The number of rotatable bonds is 3. The van der Waals surface area contributed by atoms with Gasteiger partial charge in [0.1, 0.15) is 5.15 Å². The van der Waals surface area contributed by atoms with Crippen molar-refractivity contribution in [2.45, 2.75) is 0 Å². The van der Waals surface area contributed by atoms with Crippen LogP contribution in [0.1, 0.15) is 16.1 Å². The number of aromatic nitrogens is 1. The fourth-order valence-corrected chi connectivity index (χ4v) is 1.08. The fraction of sp³-hybridized carbons (Fsp3) is 0.111. The van der Waals surface area contributed by atoms with Crippen LogP contribution in [0, 0.1) is 0 Å². The van der Waals surface area contributed by atoms with E-state index in [1.165, 1.54) is 24.3 Å². The molecule has 0 aliphatic carbocycles. The first kappa shape index (κ1) is 10.7. The number of aliphatic hydroxyl groups excluding tert-OH is 1. The summed E-state index contributed by atoms with van der Waals surface area (Å²) in [5.74, 6) is -1.15. The van der Waals surface area contributed by atoms with Crippen LogP contribution in [-0.2, 0) is 0 Å². The van der Waals surface area contributed by atoms with E-state index >= 15 is 0 Å². The summed E-state index contributed by atoms with van der Waals surface area (Å²) in [5, 5.41) is 17.4.